The fourth-order valence-electron chi connectivity index (χ4n) is 2.87. The van der Waals surface area contributed by atoms with Crippen LogP contribution in [0.4, 0.5) is 5.69 Å². The molecular weight excluding hydrogens is 272 g/mol. The van der Waals surface area contributed by atoms with E-state index in [1.165, 1.54) is 0 Å². The van der Waals surface area contributed by atoms with Crippen LogP contribution < -0.4 is 5.32 Å². The number of anilines is 1. The molecule has 2 aromatic carbocycles. The lowest BCUT2D eigenvalue weighted by Crippen LogP contribution is -2.12. The molecule has 1 amide bonds. The van der Waals surface area contributed by atoms with Crippen LogP contribution in [-0.2, 0) is 4.79 Å². The summed E-state index contributed by atoms with van der Waals surface area (Å²) in [6, 6.07) is 13.5. The highest BCUT2D eigenvalue weighted by molar-refractivity contribution is 6.31. The van der Waals surface area contributed by atoms with E-state index in [4.69, 9.17) is 11.6 Å². The number of rotatable bonds is 1. The number of hydrogen-bond acceptors (Lipinski definition) is 1. The van der Waals surface area contributed by atoms with Crippen LogP contribution in [0.2, 0.25) is 5.02 Å². The molecule has 0 bridgehead atoms. The number of carbonyl (C=O) groups is 1. The number of para-hydroxylation sites is 1. The lowest BCUT2D eigenvalue weighted by molar-refractivity contribution is -0.116. The van der Waals surface area contributed by atoms with E-state index in [1.807, 2.05) is 42.6 Å². The van der Waals surface area contributed by atoms with Crippen molar-refractivity contribution in [2.75, 3.05) is 5.32 Å². The lowest BCUT2D eigenvalue weighted by atomic mass is 9.92. The first-order chi connectivity index (χ1) is 9.74. The Morgan fingerprint density at radius 1 is 1.05 bits per heavy atom. The Bertz CT molecular complexity index is 837. The molecule has 0 aliphatic carbocycles. The smallest absolute Gasteiger partial charge is 0.236 e. The number of amides is 1. The largest absolute Gasteiger partial charge is 0.361 e. The molecule has 0 radical (unpaired) electrons. The van der Waals surface area contributed by atoms with Crippen LogP contribution in [0.1, 0.15) is 17.0 Å². The standard InChI is InChI=1S/C16H11ClN2O/c17-9-5-6-14-11(7-9)15(16(20)19-14)12-8-18-13-4-2-1-3-10(12)13/h1-8,15,18H,(H,19,20). The van der Waals surface area contributed by atoms with E-state index < -0.39 is 0 Å². The van der Waals surface area contributed by atoms with Gasteiger partial charge >= 0.3 is 0 Å². The van der Waals surface area contributed by atoms with Gasteiger partial charge in [-0.2, -0.15) is 0 Å². The Morgan fingerprint density at radius 3 is 2.80 bits per heavy atom. The molecule has 4 heteroatoms. The van der Waals surface area contributed by atoms with Crippen LogP contribution in [-0.4, -0.2) is 10.9 Å². The SMILES string of the molecule is O=C1Nc2ccc(Cl)cc2C1c1c[nH]c2ccccc12. The maximum Gasteiger partial charge on any atom is 0.236 e. The molecule has 0 fully saturated rings. The van der Waals surface area contributed by atoms with Crippen molar-refractivity contribution in [3.8, 4) is 0 Å². The molecule has 1 atom stereocenters. The number of aromatic nitrogens is 1. The zero-order chi connectivity index (χ0) is 13.7. The molecule has 1 aliphatic rings. The van der Waals surface area contributed by atoms with Crippen molar-refractivity contribution in [2.45, 2.75) is 5.92 Å². The predicted molar refractivity (Wildman–Crippen MR) is 80.2 cm³/mol. The van der Waals surface area contributed by atoms with Crippen molar-refractivity contribution in [2.24, 2.45) is 0 Å². The Hall–Kier alpha value is -2.26. The maximum absolute atomic E-state index is 12.3. The van der Waals surface area contributed by atoms with Gasteiger partial charge in [0, 0.05) is 27.8 Å². The fraction of sp³-hybridized carbons (Fsp3) is 0.0625. The third-order valence-corrected chi connectivity index (χ3v) is 4.01. The van der Waals surface area contributed by atoms with E-state index in [9.17, 15) is 4.79 Å². The molecule has 2 heterocycles. The number of carbonyl (C=O) groups excluding carboxylic acids is 1. The molecular formula is C16H11ClN2O. The zero-order valence-corrected chi connectivity index (χ0v) is 11.2. The minimum atomic E-state index is -0.306. The normalized spacial score (nSPS) is 17.2. The monoisotopic (exact) mass is 282 g/mol. The molecule has 98 valence electrons. The van der Waals surface area contributed by atoms with Gasteiger partial charge in [-0.15, -0.1) is 0 Å². The van der Waals surface area contributed by atoms with Gasteiger partial charge in [0.1, 0.15) is 0 Å². The maximum atomic E-state index is 12.3. The molecule has 0 saturated heterocycles. The number of aromatic amines is 1. The van der Waals surface area contributed by atoms with E-state index in [2.05, 4.69) is 10.3 Å². The Balaban J connectivity index is 1.95. The van der Waals surface area contributed by atoms with Gasteiger partial charge in [0.15, 0.2) is 0 Å². The third-order valence-electron chi connectivity index (χ3n) is 3.78. The van der Waals surface area contributed by atoms with Gasteiger partial charge < -0.3 is 10.3 Å². The Labute approximate surface area is 120 Å². The highest BCUT2D eigenvalue weighted by Crippen LogP contribution is 2.40. The van der Waals surface area contributed by atoms with Crippen LogP contribution in [0.5, 0.6) is 0 Å². The second kappa shape index (κ2) is 4.12. The van der Waals surface area contributed by atoms with Gasteiger partial charge in [0.25, 0.3) is 0 Å². The number of fused-ring (bicyclic) bond motifs is 2. The summed E-state index contributed by atoms with van der Waals surface area (Å²) < 4.78 is 0. The summed E-state index contributed by atoms with van der Waals surface area (Å²) in [4.78, 5) is 15.5. The van der Waals surface area contributed by atoms with Crippen molar-refractivity contribution in [3.63, 3.8) is 0 Å². The topological polar surface area (TPSA) is 44.9 Å². The van der Waals surface area contributed by atoms with E-state index >= 15 is 0 Å². The van der Waals surface area contributed by atoms with Crippen molar-refractivity contribution in [3.05, 3.63) is 64.8 Å². The number of hydrogen-bond donors (Lipinski definition) is 2. The molecule has 3 aromatic rings. The molecule has 4 rings (SSSR count). The lowest BCUT2D eigenvalue weighted by Gasteiger charge is -2.08. The second-order valence-electron chi connectivity index (χ2n) is 4.94. The molecule has 2 N–H and O–H groups in total. The summed E-state index contributed by atoms with van der Waals surface area (Å²) in [5, 5.41) is 4.63. The highest BCUT2D eigenvalue weighted by Gasteiger charge is 2.33. The Kier molecular flexibility index (Phi) is 2.38. The number of halogens is 1. The van der Waals surface area contributed by atoms with Crippen LogP contribution in [0.25, 0.3) is 10.9 Å². The van der Waals surface area contributed by atoms with Crippen LogP contribution >= 0.6 is 11.6 Å². The third kappa shape index (κ3) is 1.57. The molecule has 1 unspecified atom stereocenters. The van der Waals surface area contributed by atoms with Crippen molar-refractivity contribution < 1.29 is 4.79 Å². The predicted octanol–water partition coefficient (Wildman–Crippen LogP) is 3.91. The summed E-state index contributed by atoms with van der Waals surface area (Å²) >= 11 is 6.07. The summed E-state index contributed by atoms with van der Waals surface area (Å²) in [6.07, 6.45) is 1.91. The van der Waals surface area contributed by atoms with E-state index in [0.717, 1.165) is 27.7 Å². The number of H-pyrrole nitrogens is 1. The average molecular weight is 283 g/mol. The zero-order valence-electron chi connectivity index (χ0n) is 10.5. The van der Waals surface area contributed by atoms with Gasteiger partial charge in [0.05, 0.1) is 5.92 Å². The minimum absolute atomic E-state index is 0.00739. The molecule has 1 aromatic heterocycles. The first kappa shape index (κ1) is 11.6. The van der Waals surface area contributed by atoms with Crippen molar-refractivity contribution in [1.29, 1.82) is 0 Å². The van der Waals surface area contributed by atoms with Crippen LogP contribution in [0.3, 0.4) is 0 Å². The van der Waals surface area contributed by atoms with E-state index in [1.54, 1.807) is 6.07 Å². The highest BCUT2D eigenvalue weighted by atomic mass is 35.5. The summed E-state index contributed by atoms with van der Waals surface area (Å²) in [5.74, 6) is -0.313. The van der Waals surface area contributed by atoms with Gasteiger partial charge in [-0.1, -0.05) is 29.8 Å². The first-order valence-corrected chi connectivity index (χ1v) is 6.78. The average Bonchev–Trinajstić information content (AvgIpc) is 2.99. The fourth-order valence-corrected chi connectivity index (χ4v) is 3.05. The van der Waals surface area contributed by atoms with Crippen molar-refractivity contribution in [1.82, 2.24) is 4.98 Å². The van der Waals surface area contributed by atoms with Gasteiger partial charge in [-0.05, 0) is 35.4 Å². The quantitative estimate of drug-likeness (QED) is 0.698. The molecule has 0 saturated carbocycles. The summed E-state index contributed by atoms with van der Waals surface area (Å²) in [6.45, 7) is 0. The first-order valence-electron chi connectivity index (χ1n) is 6.40. The van der Waals surface area contributed by atoms with Crippen LogP contribution in [0.15, 0.2) is 48.7 Å². The Morgan fingerprint density at radius 2 is 1.90 bits per heavy atom. The van der Waals surface area contributed by atoms with Crippen molar-refractivity contribution >= 4 is 34.1 Å². The molecule has 0 spiro atoms. The molecule has 3 nitrogen and oxygen atoms in total. The van der Waals surface area contributed by atoms with Gasteiger partial charge in [0.2, 0.25) is 5.91 Å². The summed E-state index contributed by atoms with van der Waals surface area (Å²) in [7, 11) is 0. The van der Waals surface area contributed by atoms with Crippen LogP contribution in [0, 0.1) is 0 Å². The van der Waals surface area contributed by atoms with E-state index in [-0.39, 0.29) is 11.8 Å². The molecule has 20 heavy (non-hydrogen) atoms. The number of benzene rings is 2. The molecule has 1 aliphatic heterocycles. The minimum Gasteiger partial charge on any atom is -0.361 e. The van der Waals surface area contributed by atoms with Gasteiger partial charge in [-0.3, -0.25) is 4.79 Å². The van der Waals surface area contributed by atoms with E-state index in [0.29, 0.717) is 5.02 Å². The second-order valence-corrected chi connectivity index (χ2v) is 5.38. The van der Waals surface area contributed by atoms with Gasteiger partial charge in [-0.25, -0.2) is 0 Å². The number of nitrogens with one attached hydrogen (secondary N) is 2. The summed E-state index contributed by atoms with van der Waals surface area (Å²) in [5.41, 5.74) is 3.80.